The second-order valence-electron chi connectivity index (χ2n) is 8.20. The fraction of sp³-hybridized carbons (Fsp3) is 0.250. The lowest BCUT2D eigenvalue weighted by molar-refractivity contribution is -0.883. The summed E-state index contributed by atoms with van der Waals surface area (Å²) in [6.07, 6.45) is 0.346. The van der Waals surface area contributed by atoms with Gasteiger partial charge in [-0.25, -0.2) is 8.42 Å². The Morgan fingerprint density at radius 3 is 2.21 bits per heavy atom. The molecule has 0 aliphatic heterocycles. The van der Waals surface area contributed by atoms with Gasteiger partial charge in [-0.3, -0.25) is 0 Å². The van der Waals surface area contributed by atoms with Gasteiger partial charge in [0.05, 0.1) is 30.8 Å². The highest BCUT2D eigenvalue weighted by atomic mass is 32.2. The fourth-order valence-electron chi connectivity index (χ4n) is 3.94. The largest absolute Gasteiger partial charge is 0.748 e. The summed E-state index contributed by atoms with van der Waals surface area (Å²) in [5.74, 6) is 6.25. The first-order chi connectivity index (χ1) is 13.7. The molecule has 0 heterocycles. The number of hydrogen-bond acceptors (Lipinski definition) is 3. The molecular formula is C24H23NO3S. The minimum atomic E-state index is -4.16. The number of quaternary nitrogens is 1. The molecule has 4 aromatic rings. The highest BCUT2D eigenvalue weighted by Crippen LogP contribution is 2.35. The van der Waals surface area contributed by atoms with Gasteiger partial charge >= 0.3 is 0 Å². The normalized spacial score (nSPS) is 12.5. The smallest absolute Gasteiger partial charge is 0.140 e. The van der Waals surface area contributed by atoms with E-state index in [9.17, 15) is 13.0 Å². The van der Waals surface area contributed by atoms with Crippen LogP contribution in [0, 0.1) is 11.8 Å². The molecule has 4 aromatic carbocycles. The molecule has 0 aliphatic carbocycles. The molecule has 0 amide bonds. The Hall–Kier alpha value is -2.65. The van der Waals surface area contributed by atoms with E-state index >= 15 is 0 Å². The maximum absolute atomic E-state index is 10.8. The zero-order valence-corrected chi connectivity index (χ0v) is 17.4. The van der Waals surface area contributed by atoms with Gasteiger partial charge in [-0.15, -0.1) is 0 Å². The van der Waals surface area contributed by atoms with Crippen molar-refractivity contribution in [2.24, 2.45) is 0 Å². The van der Waals surface area contributed by atoms with Crippen molar-refractivity contribution in [2.45, 2.75) is 6.42 Å². The standard InChI is InChI=1S/C24H23NO3S/c1-25(2,16-5-17-29(26,27)28)15-4-8-18-9-10-21-12-11-19-6-3-7-20-13-14-22(18)24(21)23(19)20/h3,6-7,9-14H,5,15-17H2,1-2H3. The quantitative estimate of drug-likeness (QED) is 0.219. The van der Waals surface area contributed by atoms with Gasteiger partial charge in [-0.05, 0) is 44.3 Å². The molecule has 0 saturated carbocycles. The predicted octanol–water partition coefficient (Wildman–Crippen LogP) is 3.95. The van der Waals surface area contributed by atoms with Crippen molar-refractivity contribution in [3.05, 3.63) is 60.2 Å². The van der Waals surface area contributed by atoms with Gasteiger partial charge in [0.15, 0.2) is 0 Å². The van der Waals surface area contributed by atoms with E-state index in [1.807, 2.05) is 14.1 Å². The summed E-state index contributed by atoms with van der Waals surface area (Å²) in [5.41, 5.74) is 0.998. The molecule has 0 aromatic heterocycles. The molecule has 0 N–H and O–H groups in total. The third-order valence-electron chi connectivity index (χ3n) is 5.42. The van der Waals surface area contributed by atoms with E-state index in [1.54, 1.807) is 0 Å². The average molecular weight is 406 g/mol. The van der Waals surface area contributed by atoms with Crippen LogP contribution in [-0.2, 0) is 10.1 Å². The van der Waals surface area contributed by atoms with Gasteiger partial charge in [0, 0.05) is 17.7 Å². The Morgan fingerprint density at radius 2 is 1.52 bits per heavy atom. The van der Waals surface area contributed by atoms with Crippen LogP contribution in [0.25, 0.3) is 32.3 Å². The van der Waals surface area contributed by atoms with Crippen molar-refractivity contribution in [3.8, 4) is 11.8 Å². The summed E-state index contributed by atoms with van der Waals surface area (Å²) < 4.78 is 32.9. The summed E-state index contributed by atoms with van der Waals surface area (Å²) in [5, 5.41) is 7.36. The molecule has 0 spiro atoms. The number of benzene rings is 4. The summed E-state index contributed by atoms with van der Waals surface area (Å²) in [4.78, 5) is 0. The van der Waals surface area contributed by atoms with E-state index in [1.165, 1.54) is 26.9 Å². The molecule has 4 nitrogen and oxygen atoms in total. The average Bonchev–Trinajstić information content (AvgIpc) is 2.65. The third-order valence-corrected chi connectivity index (χ3v) is 6.21. The van der Waals surface area contributed by atoms with Crippen molar-refractivity contribution in [1.29, 1.82) is 0 Å². The Bertz CT molecular complexity index is 1350. The zero-order chi connectivity index (χ0) is 20.6. The van der Waals surface area contributed by atoms with Gasteiger partial charge in [0.1, 0.15) is 6.54 Å². The van der Waals surface area contributed by atoms with Crippen LogP contribution < -0.4 is 0 Å². The molecular weight excluding hydrogens is 382 g/mol. The molecule has 0 unspecified atom stereocenters. The summed E-state index contributed by atoms with van der Waals surface area (Å²) in [6, 6.07) is 19.2. The van der Waals surface area contributed by atoms with Crippen LogP contribution >= 0.6 is 0 Å². The maximum Gasteiger partial charge on any atom is 0.140 e. The Morgan fingerprint density at radius 1 is 0.897 bits per heavy atom. The van der Waals surface area contributed by atoms with Crippen LogP contribution in [0.3, 0.4) is 0 Å². The first kappa shape index (κ1) is 19.7. The van der Waals surface area contributed by atoms with Crippen LogP contribution in [0.15, 0.2) is 54.6 Å². The lowest BCUT2D eigenvalue weighted by Gasteiger charge is -2.27. The van der Waals surface area contributed by atoms with Gasteiger partial charge < -0.3 is 9.04 Å². The Balaban J connectivity index is 1.64. The molecule has 0 atom stereocenters. The zero-order valence-electron chi connectivity index (χ0n) is 16.6. The first-order valence-corrected chi connectivity index (χ1v) is 11.2. The second-order valence-corrected chi connectivity index (χ2v) is 9.73. The Labute approximate surface area is 171 Å². The SMILES string of the molecule is C[N+](C)(CC#Cc1ccc2ccc3cccc4ccc1c2c34)CCCS(=O)(=O)[O-]. The van der Waals surface area contributed by atoms with Crippen molar-refractivity contribution in [1.82, 2.24) is 0 Å². The van der Waals surface area contributed by atoms with Gasteiger partial charge in [-0.1, -0.05) is 54.5 Å². The van der Waals surface area contributed by atoms with Gasteiger partial charge in [0.2, 0.25) is 0 Å². The lowest BCUT2D eigenvalue weighted by atomic mass is 9.92. The van der Waals surface area contributed by atoms with Crippen molar-refractivity contribution >= 4 is 42.4 Å². The monoisotopic (exact) mass is 405 g/mol. The first-order valence-electron chi connectivity index (χ1n) is 9.65. The molecule has 0 fully saturated rings. The van der Waals surface area contributed by atoms with Crippen molar-refractivity contribution < 1.29 is 17.5 Å². The van der Waals surface area contributed by atoms with E-state index in [-0.39, 0.29) is 5.75 Å². The Kier molecular flexibility index (Phi) is 4.95. The topological polar surface area (TPSA) is 57.2 Å². The third kappa shape index (κ3) is 4.20. The van der Waals surface area contributed by atoms with Crippen LogP contribution in [0.2, 0.25) is 0 Å². The number of hydrogen-bond donors (Lipinski definition) is 0. The van der Waals surface area contributed by atoms with Crippen molar-refractivity contribution in [3.63, 3.8) is 0 Å². The highest BCUT2D eigenvalue weighted by molar-refractivity contribution is 7.85. The summed E-state index contributed by atoms with van der Waals surface area (Å²) >= 11 is 0. The number of rotatable bonds is 5. The molecule has 148 valence electrons. The van der Waals surface area contributed by atoms with Gasteiger partial charge in [-0.2, -0.15) is 0 Å². The molecule has 4 rings (SSSR count). The maximum atomic E-state index is 10.8. The summed E-state index contributed by atoms with van der Waals surface area (Å²) in [6.45, 7) is 1.18. The molecule has 29 heavy (non-hydrogen) atoms. The number of nitrogens with zero attached hydrogens (tertiary/aromatic N) is 1. The van der Waals surface area contributed by atoms with E-state index in [0.717, 1.165) is 10.9 Å². The van der Waals surface area contributed by atoms with Gasteiger partial charge in [0.25, 0.3) is 0 Å². The molecule has 0 aliphatic rings. The minimum Gasteiger partial charge on any atom is -0.748 e. The van der Waals surface area contributed by atoms with E-state index in [0.29, 0.717) is 24.0 Å². The highest BCUT2D eigenvalue weighted by Gasteiger charge is 2.14. The molecule has 0 radical (unpaired) electrons. The molecule has 0 saturated heterocycles. The van der Waals surface area contributed by atoms with Crippen LogP contribution in [0.1, 0.15) is 12.0 Å². The van der Waals surface area contributed by atoms with E-state index in [2.05, 4.69) is 66.4 Å². The predicted molar refractivity (Wildman–Crippen MR) is 118 cm³/mol. The van der Waals surface area contributed by atoms with Crippen molar-refractivity contribution in [2.75, 3.05) is 32.9 Å². The van der Waals surface area contributed by atoms with Crippen LogP contribution in [0.4, 0.5) is 0 Å². The molecule has 5 heteroatoms. The van der Waals surface area contributed by atoms with E-state index in [4.69, 9.17) is 0 Å². The fourth-order valence-corrected chi connectivity index (χ4v) is 4.42. The second kappa shape index (κ2) is 7.31. The van der Waals surface area contributed by atoms with E-state index < -0.39 is 10.1 Å². The minimum absolute atomic E-state index is 0.322. The molecule has 0 bridgehead atoms. The van der Waals surface area contributed by atoms with Crippen LogP contribution in [-0.4, -0.2) is 50.4 Å². The van der Waals surface area contributed by atoms with Crippen LogP contribution in [0.5, 0.6) is 0 Å². The lowest BCUT2D eigenvalue weighted by Crippen LogP contribution is -2.41. The summed E-state index contributed by atoms with van der Waals surface area (Å²) in [7, 11) is -0.164.